The summed E-state index contributed by atoms with van der Waals surface area (Å²) < 4.78 is 5.30. The molecule has 0 aromatic carbocycles. The molecule has 1 aromatic heterocycles. The Bertz CT molecular complexity index is 199. The van der Waals surface area contributed by atoms with Crippen LogP contribution in [0.5, 0.6) is 6.01 Å². The SMILES string of the molecule is CCCCCCCOc1ncn[nH]1. The van der Waals surface area contributed by atoms with E-state index in [1.807, 2.05) is 0 Å². The van der Waals surface area contributed by atoms with Crippen LogP contribution in [0.3, 0.4) is 0 Å². The van der Waals surface area contributed by atoms with Gasteiger partial charge in [0.1, 0.15) is 6.33 Å². The molecule has 0 aliphatic heterocycles. The fourth-order valence-electron chi connectivity index (χ4n) is 1.14. The van der Waals surface area contributed by atoms with Crippen molar-refractivity contribution in [3.05, 3.63) is 6.33 Å². The zero-order valence-electron chi connectivity index (χ0n) is 8.12. The lowest BCUT2D eigenvalue weighted by molar-refractivity contribution is 0.282. The maximum Gasteiger partial charge on any atom is 0.312 e. The van der Waals surface area contributed by atoms with E-state index in [4.69, 9.17) is 4.74 Å². The van der Waals surface area contributed by atoms with Gasteiger partial charge in [0, 0.05) is 0 Å². The van der Waals surface area contributed by atoms with Gasteiger partial charge < -0.3 is 4.74 Å². The van der Waals surface area contributed by atoms with Crippen LogP contribution in [0.25, 0.3) is 0 Å². The zero-order chi connectivity index (χ0) is 9.36. The Morgan fingerprint density at radius 1 is 1.31 bits per heavy atom. The van der Waals surface area contributed by atoms with Crippen LogP contribution in [0.2, 0.25) is 0 Å². The molecule has 1 aromatic rings. The molecule has 0 aliphatic carbocycles. The summed E-state index contributed by atoms with van der Waals surface area (Å²) >= 11 is 0. The van der Waals surface area contributed by atoms with Crippen molar-refractivity contribution in [2.24, 2.45) is 0 Å². The third-order valence-electron chi connectivity index (χ3n) is 1.88. The van der Waals surface area contributed by atoms with E-state index in [1.54, 1.807) is 0 Å². The lowest BCUT2D eigenvalue weighted by Crippen LogP contribution is -1.98. The summed E-state index contributed by atoms with van der Waals surface area (Å²) in [4.78, 5) is 3.86. The highest BCUT2D eigenvalue weighted by atomic mass is 16.5. The van der Waals surface area contributed by atoms with E-state index in [1.165, 1.54) is 32.0 Å². The van der Waals surface area contributed by atoms with Gasteiger partial charge in [0.25, 0.3) is 0 Å². The number of aromatic nitrogens is 3. The van der Waals surface area contributed by atoms with Gasteiger partial charge in [-0.15, -0.1) is 0 Å². The van der Waals surface area contributed by atoms with E-state index in [9.17, 15) is 0 Å². The minimum atomic E-state index is 0.524. The van der Waals surface area contributed by atoms with Gasteiger partial charge in [-0.25, -0.2) is 5.10 Å². The molecule has 0 unspecified atom stereocenters. The van der Waals surface area contributed by atoms with E-state index < -0.39 is 0 Å². The van der Waals surface area contributed by atoms with Gasteiger partial charge in [0.15, 0.2) is 0 Å². The second kappa shape index (κ2) is 6.46. The fraction of sp³-hybridized carbons (Fsp3) is 0.778. The number of ether oxygens (including phenoxy) is 1. The van der Waals surface area contributed by atoms with Crippen molar-refractivity contribution in [2.45, 2.75) is 39.0 Å². The predicted octanol–water partition coefficient (Wildman–Crippen LogP) is 2.15. The first-order valence-electron chi connectivity index (χ1n) is 4.91. The average Bonchev–Trinajstić information content (AvgIpc) is 2.63. The standard InChI is InChI=1S/C9H17N3O/c1-2-3-4-5-6-7-13-9-10-8-11-12-9/h8H,2-7H2,1H3,(H,10,11,12). The van der Waals surface area contributed by atoms with Crippen LogP contribution >= 0.6 is 0 Å². The monoisotopic (exact) mass is 183 g/mol. The molecule has 0 saturated heterocycles. The topological polar surface area (TPSA) is 50.8 Å². The zero-order valence-corrected chi connectivity index (χ0v) is 8.12. The quantitative estimate of drug-likeness (QED) is 0.659. The van der Waals surface area contributed by atoms with Gasteiger partial charge in [0.05, 0.1) is 6.61 Å². The molecule has 1 heterocycles. The molecule has 0 amide bonds. The van der Waals surface area contributed by atoms with Crippen molar-refractivity contribution < 1.29 is 4.74 Å². The molecule has 1 N–H and O–H groups in total. The number of aromatic amines is 1. The highest BCUT2D eigenvalue weighted by Crippen LogP contribution is 2.03. The molecule has 0 spiro atoms. The first kappa shape index (κ1) is 10.0. The summed E-state index contributed by atoms with van der Waals surface area (Å²) in [6.07, 6.45) is 7.69. The number of nitrogens with one attached hydrogen (secondary N) is 1. The number of unbranched alkanes of at least 4 members (excludes halogenated alkanes) is 4. The van der Waals surface area contributed by atoms with Gasteiger partial charge in [-0.1, -0.05) is 32.6 Å². The second-order valence-corrected chi connectivity index (χ2v) is 3.05. The van der Waals surface area contributed by atoms with Crippen molar-refractivity contribution in [3.8, 4) is 6.01 Å². The maximum absolute atomic E-state index is 5.30. The Morgan fingerprint density at radius 2 is 2.15 bits per heavy atom. The predicted molar refractivity (Wildman–Crippen MR) is 50.6 cm³/mol. The fourth-order valence-corrected chi connectivity index (χ4v) is 1.14. The largest absolute Gasteiger partial charge is 0.464 e. The van der Waals surface area contributed by atoms with E-state index >= 15 is 0 Å². The van der Waals surface area contributed by atoms with Crippen molar-refractivity contribution >= 4 is 0 Å². The van der Waals surface area contributed by atoms with Crippen LogP contribution < -0.4 is 4.74 Å². The minimum absolute atomic E-state index is 0.524. The Kier molecular flexibility index (Phi) is 4.98. The molecular weight excluding hydrogens is 166 g/mol. The molecule has 0 bridgehead atoms. The molecule has 4 heteroatoms. The number of hydrogen-bond acceptors (Lipinski definition) is 3. The van der Waals surface area contributed by atoms with Crippen molar-refractivity contribution in [1.29, 1.82) is 0 Å². The lowest BCUT2D eigenvalue weighted by Gasteiger charge is -2.01. The normalized spacial score (nSPS) is 10.2. The van der Waals surface area contributed by atoms with Crippen LogP contribution in [0.4, 0.5) is 0 Å². The van der Waals surface area contributed by atoms with Gasteiger partial charge >= 0.3 is 6.01 Å². The van der Waals surface area contributed by atoms with Gasteiger partial charge in [0.2, 0.25) is 0 Å². The number of H-pyrrole nitrogens is 1. The molecule has 0 radical (unpaired) electrons. The highest BCUT2D eigenvalue weighted by molar-refractivity contribution is 4.84. The summed E-state index contributed by atoms with van der Waals surface area (Å²) in [6, 6.07) is 0.524. The molecule has 0 saturated carbocycles. The number of rotatable bonds is 7. The maximum atomic E-state index is 5.30. The van der Waals surface area contributed by atoms with Crippen LogP contribution in [0.1, 0.15) is 39.0 Å². The molecule has 4 nitrogen and oxygen atoms in total. The smallest absolute Gasteiger partial charge is 0.312 e. The molecule has 1 rings (SSSR count). The second-order valence-electron chi connectivity index (χ2n) is 3.05. The lowest BCUT2D eigenvalue weighted by atomic mass is 10.2. The molecule has 0 fully saturated rings. The first-order valence-corrected chi connectivity index (χ1v) is 4.91. The van der Waals surface area contributed by atoms with Crippen LogP contribution in [0.15, 0.2) is 6.33 Å². The van der Waals surface area contributed by atoms with E-state index in [-0.39, 0.29) is 0 Å². The summed E-state index contributed by atoms with van der Waals surface area (Å²) in [5.74, 6) is 0. The van der Waals surface area contributed by atoms with E-state index in [0.717, 1.165) is 13.0 Å². The van der Waals surface area contributed by atoms with Crippen molar-refractivity contribution in [3.63, 3.8) is 0 Å². The van der Waals surface area contributed by atoms with Gasteiger partial charge in [-0.2, -0.15) is 10.1 Å². The first-order chi connectivity index (χ1) is 6.43. The summed E-state index contributed by atoms with van der Waals surface area (Å²) in [6.45, 7) is 2.95. The van der Waals surface area contributed by atoms with Gasteiger partial charge in [-0.05, 0) is 6.42 Å². The summed E-state index contributed by atoms with van der Waals surface area (Å²) in [7, 11) is 0. The van der Waals surface area contributed by atoms with Crippen LogP contribution in [0, 0.1) is 0 Å². The molecule has 0 atom stereocenters. The van der Waals surface area contributed by atoms with Crippen LogP contribution in [-0.4, -0.2) is 21.8 Å². The third-order valence-corrected chi connectivity index (χ3v) is 1.88. The van der Waals surface area contributed by atoms with E-state index in [0.29, 0.717) is 6.01 Å². The Balaban J connectivity index is 1.90. The molecule has 0 aliphatic rings. The van der Waals surface area contributed by atoms with E-state index in [2.05, 4.69) is 22.1 Å². The average molecular weight is 183 g/mol. The molecular formula is C9H17N3O. The Morgan fingerprint density at radius 3 is 2.85 bits per heavy atom. The van der Waals surface area contributed by atoms with Crippen LogP contribution in [-0.2, 0) is 0 Å². The summed E-state index contributed by atoms with van der Waals surface area (Å²) in [5, 5.41) is 6.35. The van der Waals surface area contributed by atoms with Crippen molar-refractivity contribution in [1.82, 2.24) is 15.2 Å². The minimum Gasteiger partial charge on any atom is -0.464 e. The van der Waals surface area contributed by atoms with Gasteiger partial charge in [-0.3, -0.25) is 0 Å². The highest BCUT2D eigenvalue weighted by Gasteiger charge is 1.94. The molecule has 74 valence electrons. The Labute approximate surface area is 78.7 Å². The Hall–Kier alpha value is -1.06. The van der Waals surface area contributed by atoms with Crippen molar-refractivity contribution in [2.75, 3.05) is 6.61 Å². The number of nitrogens with zero attached hydrogens (tertiary/aromatic N) is 2. The summed E-state index contributed by atoms with van der Waals surface area (Å²) in [5.41, 5.74) is 0. The molecule has 13 heavy (non-hydrogen) atoms. The third kappa shape index (κ3) is 4.50. The number of hydrogen-bond donors (Lipinski definition) is 1.